The molecule has 2 rings (SSSR count). The van der Waals surface area contributed by atoms with Crippen LogP contribution in [0.4, 0.5) is 13.2 Å². The molecule has 130 valence electrons. The van der Waals surface area contributed by atoms with E-state index in [1.807, 2.05) is 0 Å². The molecule has 0 heterocycles. The number of sulfonamides is 1. The van der Waals surface area contributed by atoms with Crippen molar-refractivity contribution in [1.29, 1.82) is 0 Å². The Morgan fingerprint density at radius 3 is 2.25 bits per heavy atom. The Labute approximate surface area is 138 Å². The van der Waals surface area contributed by atoms with Gasteiger partial charge in [0.15, 0.2) is 0 Å². The summed E-state index contributed by atoms with van der Waals surface area (Å²) in [5.41, 5.74) is -0.683. The van der Waals surface area contributed by atoms with Gasteiger partial charge >= 0.3 is 6.18 Å². The lowest BCUT2D eigenvalue weighted by Gasteiger charge is -2.19. The monoisotopic (exact) mass is 359 g/mol. The van der Waals surface area contributed by atoms with Crippen LogP contribution in [0.25, 0.3) is 0 Å². The fraction of sp³-hybridized carbons (Fsp3) is 0.250. The first-order valence-electron chi connectivity index (χ1n) is 6.98. The third-order valence-electron chi connectivity index (χ3n) is 3.42. The first-order valence-corrected chi connectivity index (χ1v) is 8.46. The lowest BCUT2D eigenvalue weighted by Crippen LogP contribution is -2.29. The Morgan fingerprint density at radius 2 is 1.62 bits per heavy atom. The molecule has 1 atom stereocenters. The van der Waals surface area contributed by atoms with Crippen LogP contribution in [0.15, 0.2) is 53.4 Å². The van der Waals surface area contributed by atoms with Gasteiger partial charge in [0, 0.05) is 11.6 Å². The molecule has 0 saturated carbocycles. The van der Waals surface area contributed by atoms with Crippen molar-refractivity contribution < 1.29 is 26.3 Å². The van der Waals surface area contributed by atoms with Crippen LogP contribution >= 0.6 is 0 Å². The van der Waals surface area contributed by atoms with Crippen molar-refractivity contribution in [3.63, 3.8) is 0 Å². The fourth-order valence-corrected chi connectivity index (χ4v) is 3.77. The van der Waals surface area contributed by atoms with Crippen LogP contribution in [-0.2, 0) is 16.2 Å². The molecule has 1 N–H and O–H groups in total. The Bertz CT molecular complexity index is 819. The van der Waals surface area contributed by atoms with E-state index in [1.54, 1.807) is 24.3 Å². The maximum absolute atomic E-state index is 13.0. The molecule has 24 heavy (non-hydrogen) atoms. The van der Waals surface area contributed by atoms with Gasteiger partial charge < -0.3 is 4.74 Å². The molecule has 0 bridgehead atoms. The molecule has 4 nitrogen and oxygen atoms in total. The molecule has 0 amide bonds. The van der Waals surface area contributed by atoms with Crippen LogP contribution in [0, 0.1) is 0 Å². The number of methoxy groups -OCH3 is 1. The number of alkyl halides is 3. The average Bonchev–Trinajstić information content (AvgIpc) is 2.53. The number of hydrogen-bond donors (Lipinski definition) is 1. The van der Waals surface area contributed by atoms with Crippen LogP contribution in [0.2, 0.25) is 0 Å². The average molecular weight is 359 g/mol. The summed E-state index contributed by atoms with van der Waals surface area (Å²) >= 11 is 0. The summed E-state index contributed by atoms with van der Waals surface area (Å²) in [5, 5.41) is 0. The molecule has 1 unspecified atom stereocenters. The first-order chi connectivity index (χ1) is 11.2. The summed E-state index contributed by atoms with van der Waals surface area (Å²) < 4.78 is 71.4. The van der Waals surface area contributed by atoms with Crippen LogP contribution in [0.5, 0.6) is 5.75 Å². The number of benzene rings is 2. The number of ether oxygens (including phenoxy) is 1. The van der Waals surface area contributed by atoms with Gasteiger partial charge in [-0.05, 0) is 25.1 Å². The summed E-state index contributed by atoms with van der Waals surface area (Å²) in [5.74, 6) is 0.441. The number of hydrogen-bond acceptors (Lipinski definition) is 3. The fourth-order valence-electron chi connectivity index (χ4n) is 2.32. The molecular formula is C16H16F3NO3S. The van der Waals surface area contributed by atoms with E-state index in [1.165, 1.54) is 20.1 Å². The quantitative estimate of drug-likeness (QED) is 0.885. The molecule has 0 aromatic heterocycles. The molecule has 2 aromatic carbocycles. The molecule has 0 saturated heterocycles. The maximum atomic E-state index is 13.0. The van der Waals surface area contributed by atoms with Gasteiger partial charge in [-0.25, -0.2) is 13.1 Å². The van der Waals surface area contributed by atoms with E-state index in [0.29, 0.717) is 11.3 Å². The second-order valence-corrected chi connectivity index (χ2v) is 6.76. The van der Waals surface area contributed by atoms with E-state index in [0.717, 1.165) is 18.2 Å². The molecule has 2 aromatic rings. The van der Waals surface area contributed by atoms with Gasteiger partial charge in [-0.3, -0.25) is 0 Å². The normalized spacial score (nSPS) is 13.5. The van der Waals surface area contributed by atoms with Crippen molar-refractivity contribution in [3.05, 3.63) is 59.7 Å². The van der Waals surface area contributed by atoms with Gasteiger partial charge in [0.2, 0.25) is 10.0 Å². The molecular weight excluding hydrogens is 343 g/mol. The van der Waals surface area contributed by atoms with Crippen molar-refractivity contribution >= 4 is 10.0 Å². The molecule has 0 aliphatic carbocycles. The highest BCUT2D eigenvalue weighted by atomic mass is 32.2. The Morgan fingerprint density at radius 1 is 1.04 bits per heavy atom. The lowest BCUT2D eigenvalue weighted by molar-refractivity contribution is -0.139. The Balaban J connectivity index is 2.39. The molecule has 0 radical (unpaired) electrons. The van der Waals surface area contributed by atoms with Crippen molar-refractivity contribution in [1.82, 2.24) is 4.72 Å². The van der Waals surface area contributed by atoms with E-state index >= 15 is 0 Å². The van der Waals surface area contributed by atoms with Crippen LogP contribution in [0.1, 0.15) is 24.1 Å². The van der Waals surface area contributed by atoms with Gasteiger partial charge in [0.1, 0.15) is 5.75 Å². The minimum absolute atomic E-state index is 0.441. The lowest BCUT2D eigenvalue weighted by atomic mass is 10.1. The highest BCUT2D eigenvalue weighted by Gasteiger charge is 2.37. The van der Waals surface area contributed by atoms with Crippen molar-refractivity contribution in [2.45, 2.75) is 24.0 Å². The van der Waals surface area contributed by atoms with Gasteiger partial charge in [-0.1, -0.05) is 30.3 Å². The van der Waals surface area contributed by atoms with Crippen LogP contribution in [0.3, 0.4) is 0 Å². The first kappa shape index (κ1) is 18.3. The van der Waals surface area contributed by atoms with Crippen molar-refractivity contribution in [2.24, 2.45) is 0 Å². The predicted molar refractivity (Wildman–Crippen MR) is 83.2 cm³/mol. The van der Waals surface area contributed by atoms with Crippen LogP contribution in [-0.4, -0.2) is 15.5 Å². The minimum Gasteiger partial charge on any atom is -0.496 e. The molecule has 0 aliphatic heterocycles. The molecule has 8 heteroatoms. The summed E-state index contributed by atoms with van der Waals surface area (Å²) in [6.45, 7) is 1.53. The maximum Gasteiger partial charge on any atom is 0.417 e. The Hall–Kier alpha value is -2.06. The smallest absolute Gasteiger partial charge is 0.417 e. The zero-order valence-corrected chi connectivity index (χ0v) is 13.8. The molecule has 0 aliphatic rings. The second kappa shape index (κ2) is 6.82. The number of halogens is 3. The minimum atomic E-state index is -4.76. The topological polar surface area (TPSA) is 55.4 Å². The zero-order valence-electron chi connectivity index (χ0n) is 13.0. The third-order valence-corrected chi connectivity index (χ3v) is 5.02. The van der Waals surface area contributed by atoms with E-state index in [9.17, 15) is 21.6 Å². The summed E-state index contributed by atoms with van der Waals surface area (Å²) in [4.78, 5) is -0.806. The van der Waals surface area contributed by atoms with Crippen LogP contribution < -0.4 is 9.46 Å². The summed E-state index contributed by atoms with van der Waals surface area (Å²) in [7, 11) is -2.94. The second-order valence-electron chi connectivity index (χ2n) is 5.08. The van der Waals surface area contributed by atoms with Gasteiger partial charge in [0.25, 0.3) is 0 Å². The third kappa shape index (κ3) is 3.88. The SMILES string of the molecule is COc1ccccc1C(C)NS(=O)(=O)c1ccccc1C(F)(F)F. The highest BCUT2D eigenvalue weighted by Crippen LogP contribution is 2.34. The van der Waals surface area contributed by atoms with Crippen molar-refractivity contribution in [3.8, 4) is 5.75 Å². The van der Waals surface area contributed by atoms with Crippen molar-refractivity contribution in [2.75, 3.05) is 7.11 Å². The zero-order chi connectivity index (χ0) is 18.0. The standard InChI is InChI=1S/C16H16F3NO3S/c1-11(12-7-3-5-9-14(12)23-2)20-24(21,22)15-10-6-4-8-13(15)16(17,18)19/h3-11,20H,1-2H3. The predicted octanol–water partition coefficient (Wildman–Crippen LogP) is 3.75. The summed E-state index contributed by atoms with van der Waals surface area (Å²) in [6, 6.07) is 9.97. The molecule has 0 spiro atoms. The van der Waals surface area contributed by atoms with E-state index < -0.39 is 32.7 Å². The van der Waals surface area contributed by atoms with E-state index in [4.69, 9.17) is 4.74 Å². The highest BCUT2D eigenvalue weighted by molar-refractivity contribution is 7.89. The molecule has 0 fully saturated rings. The van der Waals surface area contributed by atoms with E-state index in [-0.39, 0.29) is 0 Å². The Kier molecular flexibility index (Phi) is 5.19. The number of para-hydroxylation sites is 1. The number of rotatable bonds is 5. The van der Waals surface area contributed by atoms with E-state index in [2.05, 4.69) is 4.72 Å². The van der Waals surface area contributed by atoms with Gasteiger partial charge in [-0.2, -0.15) is 13.2 Å². The van der Waals surface area contributed by atoms with Gasteiger partial charge in [-0.15, -0.1) is 0 Å². The van der Waals surface area contributed by atoms with Gasteiger partial charge in [0.05, 0.1) is 17.6 Å². The summed E-state index contributed by atoms with van der Waals surface area (Å²) in [6.07, 6.45) is -4.76. The number of nitrogens with one attached hydrogen (secondary N) is 1. The largest absolute Gasteiger partial charge is 0.496 e.